The second-order valence-corrected chi connectivity index (χ2v) is 13.5. The first-order valence-corrected chi connectivity index (χ1v) is 17.0. The highest BCUT2D eigenvalue weighted by molar-refractivity contribution is 7.92. The number of sulfonamides is 1. The standard InChI is InChI=1S/C35H37Cl2N3O5S/c1-4-25(2)38-35(42)33(21-26-11-6-5-7-12-26)39(23-27-13-8-9-16-32(27)37)34(41)24-40(29-15-10-14-28(36)22-29)46(43,44)31-19-17-30(45-3)18-20-31/h5-20,22,25,33H,4,21,23-24H2,1-3H3,(H,38,42)/t25-,33-/m1/s1. The molecule has 0 bridgehead atoms. The van der Waals surface area contributed by atoms with Crippen molar-refractivity contribution in [3.05, 3.63) is 124 Å². The van der Waals surface area contributed by atoms with E-state index in [-0.39, 0.29) is 35.5 Å². The van der Waals surface area contributed by atoms with Gasteiger partial charge in [0.25, 0.3) is 10.0 Å². The molecular weight excluding hydrogens is 645 g/mol. The van der Waals surface area contributed by atoms with Gasteiger partial charge in [-0.1, -0.05) is 84.7 Å². The van der Waals surface area contributed by atoms with Crippen LogP contribution in [-0.2, 0) is 32.6 Å². The Labute approximate surface area is 280 Å². The van der Waals surface area contributed by atoms with E-state index in [4.69, 9.17) is 27.9 Å². The highest BCUT2D eigenvalue weighted by Crippen LogP contribution is 2.28. The summed E-state index contributed by atoms with van der Waals surface area (Å²) < 4.78 is 34.5. The molecule has 4 aromatic rings. The number of hydrogen-bond donors (Lipinski definition) is 1. The molecule has 242 valence electrons. The minimum absolute atomic E-state index is 0.0318. The molecule has 0 radical (unpaired) electrons. The van der Waals surface area contributed by atoms with Crippen molar-refractivity contribution in [3.63, 3.8) is 0 Å². The van der Waals surface area contributed by atoms with Crippen molar-refractivity contribution in [2.75, 3.05) is 18.0 Å². The topological polar surface area (TPSA) is 96.0 Å². The van der Waals surface area contributed by atoms with Gasteiger partial charge in [0.1, 0.15) is 18.3 Å². The van der Waals surface area contributed by atoms with Crippen molar-refractivity contribution in [1.29, 1.82) is 0 Å². The minimum atomic E-state index is -4.29. The summed E-state index contributed by atoms with van der Waals surface area (Å²) in [5, 5.41) is 3.73. The summed E-state index contributed by atoms with van der Waals surface area (Å²) in [7, 11) is -2.80. The number of ether oxygens (including phenoxy) is 1. The Balaban J connectivity index is 1.82. The Morgan fingerprint density at radius 1 is 0.891 bits per heavy atom. The molecule has 0 spiro atoms. The lowest BCUT2D eigenvalue weighted by Crippen LogP contribution is -2.54. The van der Waals surface area contributed by atoms with E-state index in [1.165, 1.54) is 42.3 Å². The second-order valence-electron chi connectivity index (χ2n) is 10.8. The number of methoxy groups -OCH3 is 1. The maximum atomic E-state index is 14.5. The molecule has 11 heteroatoms. The van der Waals surface area contributed by atoms with E-state index < -0.39 is 28.5 Å². The van der Waals surface area contributed by atoms with Gasteiger partial charge in [0.05, 0.1) is 17.7 Å². The first kappa shape index (κ1) is 34.8. The van der Waals surface area contributed by atoms with Crippen molar-refractivity contribution < 1.29 is 22.7 Å². The van der Waals surface area contributed by atoms with E-state index in [2.05, 4.69) is 5.32 Å². The molecule has 2 atom stereocenters. The third-order valence-electron chi connectivity index (χ3n) is 7.59. The zero-order valence-corrected chi connectivity index (χ0v) is 28.2. The van der Waals surface area contributed by atoms with Crippen LogP contribution in [0.4, 0.5) is 5.69 Å². The van der Waals surface area contributed by atoms with Gasteiger partial charge in [-0.15, -0.1) is 0 Å². The first-order chi connectivity index (χ1) is 22.0. The lowest BCUT2D eigenvalue weighted by molar-refractivity contribution is -0.140. The monoisotopic (exact) mass is 681 g/mol. The largest absolute Gasteiger partial charge is 0.497 e. The van der Waals surface area contributed by atoms with Gasteiger partial charge in [-0.2, -0.15) is 0 Å². The predicted octanol–water partition coefficient (Wildman–Crippen LogP) is 6.75. The van der Waals surface area contributed by atoms with Crippen LogP contribution in [0.2, 0.25) is 10.0 Å². The lowest BCUT2D eigenvalue weighted by atomic mass is 10.0. The van der Waals surface area contributed by atoms with Crippen molar-refractivity contribution in [3.8, 4) is 5.75 Å². The summed E-state index contributed by atoms with van der Waals surface area (Å²) in [6.07, 6.45) is 0.882. The highest BCUT2D eigenvalue weighted by Gasteiger charge is 2.35. The van der Waals surface area contributed by atoms with E-state index in [0.717, 1.165) is 9.87 Å². The second kappa shape index (κ2) is 16.0. The number of nitrogens with one attached hydrogen (secondary N) is 1. The van der Waals surface area contributed by atoms with Gasteiger partial charge in [0, 0.05) is 29.1 Å². The Bertz CT molecular complexity index is 1740. The van der Waals surface area contributed by atoms with Gasteiger partial charge < -0.3 is 15.0 Å². The Morgan fingerprint density at radius 3 is 2.20 bits per heavy atom. The molecule has 0 aromatic heterocycles. The van der Waals surface area contributed by atoms with Crippen molar-refractivity contribution in [2.45, 2.75) is 50.2 Å². The van der Waals surface area contributed by atoms with E-state index >= 15 is 0 Å². The number of halogens is 2. The average molecular weight is 683 g/mol. The molecule has 1 N–H and O–H groups in total. The number of anilines is 1. The molecule has 0 heterocycles. The molecule has 4 rings (SSSR count). The molecule has 0 aliphatic heterocycles. The summed E-state index contributed by atoms with van der Waals surface area (Å²) in [6.45, 7) is 3.20. The summed E-state index contributed by atoms with van der Waals surface area (Å²) in [6, 6.07) is 27.4. The van der Waals surface area contributed by atoms with Gasteiger partial charge >= 0.3 is 0 Å². The van der Waals surface area contributed by atoms with Crippen LogP contribution in [0.15, 0.2) is 108 Å². The third kappa shape index (κ3) is 8.81. The SMILES string of the molecule is CC[C@@H](C)NC(=O)[C@@H](Cc1ccccc1)N(Cc1ccccc1Cl)C(=O)CN(c1cccc(Cl)c1)S(=O)(=O)c1ccc(OC)cc1. The average Bonchev–Trinajstić information content (AvgIpc) is 3.06. The lowest BCUT2D eigenvalue weighted by Gasteiger charge is -2.34. The summed E-state index contributed by atoms with van der Waals surface area (Å²) >= 11 is 12.8. The van der Waals surface area contributed by atoms with Gasteiger partial charge in [0.15, 0.2) is 0 Å². The molecule has 8 nitrogen and oxygen atoms in total. The molecule has 4 aromatic carbocycles. The Hall–Kier alpha value is -4.05. The molecule has 2 amide bonds. The predicted molar refractivity (Wildman–Crippen MR) is 183 cm³/mol. The van der Waals surface area contributed by atoms with Gasteiger partial charge in [0.2, 0.25) is 11.8 Å². The molecule has 0 aliphatic carbocycles. The first-order valence-electron chi connectivity index (χ1n) is 14.8. The highest BCUT2D eigenvalue weighted by atomic mass is 35.5. The van der Waals surface area contributed by atoms with Crippen molar-refractivity contribution >= 4 is 50.7 Å². The Kier molecular flexibility index (Phi) is 12.1. The van der Waals surface area contributed by atoms with Crippen LogP contribution in [-0.4, -0.2) is 50.9 Å². The van der Waals surface area contributed by atoms with Crippen molar-refractivity contribution in [2.24, 2.45) is 0 Å². The summed E-state index contributed by atoms with van der Waals surface area (Å²) in [5.41, 5.74) is 1.64. The molecule has 0 unspecified atom stereocenters. The van der Waals surface area contributed by atoms with Crippen LogP contribution in [0.3, 0.4) is 0 Å². The summed E-state index contributed by atoms with van der Waals surface area (Å²) in [4.78, 5) is 29.8. The number of carbonyl (C=O) groups is 2. The maximum Gasteiger partial charge on any atom is 0.264 e. The summed E-state index contributed by atoms with van der Waals surface area (Å²) in [5.74, 6) is -0.477. The quantitative estimate of drug-likeness (QED) is 0.159. The number of benzene rings is 4. The number of hydrogen-bond acceptors (Lipinski definition) is 5. The fourth-order valence-electron chi connectivity index (χ4n) is 4.84. The van der Waals surface area contributed by atoms with Crippen LogP contribution in [0.1, 0.15) is 31.4 Å². The van der Waals surface area contributed by atoms with Gasteiger partial charge in [-0.3, -0.25) is 13.9 Å². The zero-order valence-electron chi connectivity index (χ0n) is 25.9. The van der Waals surface area contributed by atoms with Crippen LogP contribution in [0.25, 0.3) is 0 Å². The molecule has 0 saturated carbocycles. The normalized spacial score (nSPS) is 12.5. The zero-order chi connectivity index (χ0) is 33.3. The van der Waals surface area contributed by atoms with Crippen LogP contribution < -0.4 is 14.4 Å². The molecule has 0 aliphatic rings. The van der Waals surface area contributed by atoms with Crippen LogP contribution in [0, 0.1) is 0 Å². The number of nitrogens with zero attached hydrogens (tertiary/aromatic N) is 2. The van der Waals surface area contributed by atoms with E-state index in [1.54, 1.807) is 42.5 Å². The van der Waals surface area contributed by atoms with Gasteiger partial charge in [-0.25, -0.2) is 8.42 Å². The Morgan fingerprint density at radius 2 is 1.57 bits per heavy atom. The molecule has 0 fully saturated rings. The minimum Gasteiger partial charge on any atom is -0.497 e. The van der Waals surface area contributed by atoms with E-state index in [9.17, 15) is 18.0 Å². The fraction of sp³-hybridized carbons (Fsp3) is 0.257. The van der Waals surface area contributed by atoms with Gasteiger partial charge in [-0.05, 0) is 73.0 Å². The maximum absolute atomic E-state index is 14.5. The molecular formula is C35H37Cl2N3O5S. The van der Waals surface area contributed by atoms with E-state index in [1.807, 2.05) is 44.2 Å². The van der Waals surface area contributed by atoms with Crippen molar-refractivity contribution in [1.82, 2.24) is 10.2 Å². The molecule has 46 heavy (non-hydrogen) atoms. The van der Waals surface area contributed by atoms with Crippen LogP contribution in [0.5, 0.6) is 5.75 Å². The number of amides is 2. The number of rotatable bonds is 14. The third-order valence-corrected chi connectivity index (χ3v) is 9.99. The number of carbonyl (C=O) groups excluding carboxylic acids is 2. The van der Waals surface area contributed by atoms with E-state index in [0.29, 0.717) is 27.8 Å². The smallest absolute Gasteiger partial charge is 0.264 e. The fourth-order valence-corrected chi connectivity index (χ4v) is 6.63. The molecule has 0 saturated heterocycles. The van der Waals surface area contributed by atoms with Crippen LogP contribution >= 0.6 is 23.2 Å².